The number of hydrogen-bond acceptors (Lipinski definition) is 2. The smallest absolute Gasteiger partial charge is 0.0855 e. The molecule has 0 N–H and O–H groups in total. The maximum atomic E-state index is 5.31. The maximum absolute atomic E-state index is 5.31. The Bertz CT molecular complexity index is 53.7. The van der Waals surface area contributed by atoms with Gasteiger partial charge in [0.2, 0.25) is 0 Å². The minimum absolute atomic E-state index is 0.0750. The molecule has 1 saturated heterocycles. The Kier molecular flexibility index (Phi) is 2.44. The number of rotatable bonds is 0. The first kappa shape index (κ1) is 5.87. The van der Waals surface area contributed by atoms with E-state index in [0.717, 1.165) is 6.61 Å². The molecule has 1 nitrogen and oxygen atoms in total. The topological polar surface area (TPSA) is 9.23 Å². The molecule has 1 heterocycles. The van der Waals surface area contributed by atoms with Gasteiger partial charge in [-0.3, -0.25) is 0 Å². The lowest BCUT2D eigenvalue weighted by Gasteiger charge is -2.16. The molecule has 0 aromatic carbocycles. The molecule has 42 valence electrons. The summed E-state index contributed by atoms with van der Waals surface area (Å²) in [6, 6.07) is 0. The summed E-state index contributed by atoms with van der Waals surface area (Å²) < 4.78 is 5.31. The Balaban J connectivity index is 2.12. The molecule has 1 rings (SSSR count). The van der Waals surface area contributed by atoms with Gasteiger partial charge in [0, 0.05) is 5.75 Å². The highest BCUT2D eigenvalue weighted by atomic mass is 32.7. The summed E-state index contributed by atoms with van der Waals surface area (Å²) >= 11 is 1.96. The van der Waals surface area contributed by atoms with Gasteiger partial charge in [-0.2, -0.15) is 0 Å². The first-order valence-electron chi connectivity index (χ1n) is 2.39. The molecule has 0 amide bonds. The summed E-state index contributed by atoms with van der Waals surface area (Å²) in [7, 11) is -0.0750. The summed E-state index contributed by atoms with van der Waals surface area (Å²) in [5.41, 5.74) is 0. The lowest BCUT2D eigenvalue weighted by atomic mass is 10.5. The highest BCUT2D eigenvalue weighted by molar-refractivity contribution is 8.54. The largest absolute Gasteiger partial charge is 0.348 e. The van der Waals surface area contributed by atoms with E-state index in [0.29, 0.717) is 0 Å². The average Bonchev–Trinajstić information content (AvgIpc) is 1.69. The van der Waals surface area contributed by atoms with Crippen molar-refractivity contribution in [3.63, 3.8) is 0 Å². The van der Waals surface area contributed by atoms with Crippen LogP contribution in [0.5, 0.6) is 0 Å². The van der Waals surface area contributed by atoms with Crippen molar-refractivity contribution in [2.45, 2.75) is 6.42 Å². The summed E-state index contributed by atoms with van der Waals surface area (Å²) in [6.45, 7) is 3.16. The van der Waals surface area contributed by atoms with Crippen LogP contribution in [0, 0.1) is 0 Å². The monoisotopic (exact) mass is 136 g/mol. The highest BCUT2D eigenvalue weighted by Crippen LogP contribution is 2.49. The van der Waals surface area contributed by atoms with Crippen LogP contribution < -0.4 is 0 Å². The van der Waals surface area contributed by atoms with E-state index < -0.39 is 0 Å². The van der Waals surface area contributed by atoms with Crippen LogP contribution in [0.1, 0.15) is 6.42 Å². The predicted octanol–water partition coefficient (Wildman–Crippen LogP) is 2.08. The fourth-order valence-corrected chi connectivity index (χ4v) is 3.05. The Morgan fingerprint density at radius 3 is 2.86 bits per heavy atom. The first-order valence-corrected chi connectivity index (χ1v) is 5.69. The zero-order valence-electron chi connectivity index (χ0n) is 4.39. The quantitative estimate of drug-likeness (QED) is 0.471. The van der Waals surface area contributed by atoms with Gasteiger partial charge in [-0.25, -0.2) is 0 Å². The van der Waals surface area contributed by atoms with Crippen molar-refractivity contribution >= 4 is 18.7 Å². The first-order chi connectivity index (χ1) is 3.39. The van der Waals surface area contributed by atoms with E-state index in [4.69, 9.17) is 4.52 Å². The molecule has 0 bridgehead atoms. The zero-order valence-corrected chi connectivity index (χ0v) is 6.10. The Labute approximate surface area is 49.4 Å². The van der Waals surface area contributed by atoms with E-state index in [9.17, 15) is 0 Å². The molecular weight excluding hydrogens is 127 g/mol. The SMILES string of the molecule is CP1OCCCS1. The normalized spacial score (nSPS) is 33.0. The number of hydrogen-bond donors (Lipinski definition) is 0. The van der Waals surface area contributed by atoms with Crippen molar-refractivity contribution in [1.82, 2.24) is 0 Å². The second kappa shape index (κ2) is 2.91. The molecule has 1 fully saturated rings. The average molecular weight is 136 g/mol. The van der Waals surface area contributed by atoms with Gasteiger partial charge in [-0.1, -0.05) is 0 Å². The fraction of sp³-hybridized carbons (Fsp3) is 1.00. The van der Waals surface area contributed by atoms with Crippen LogP contribution in [0.25, 0.3) is 0 Å². The van der Waals surface area contributed by atoms with Crippen LogP contribution in [-0.2, 0) is 4.52 Å². The van der Waals surface area contributed by atoms with Crippen molar-refractivity contribution in [2.24, 2.45) is 0 Å². The second-order valence-corrected chi connectivity index (χ2v) is 5.58. The third kappa shape index (κ3) is 1.98. The van der Waals surface area contributed by atoms with Gasteiger partial charge in [0.15, 0.2) is 0 Å². The lowest BCUT2D eigenvalue weighted by molar-refractivity contribution is 0.359. The minimum Gasteiger partial charge on any atom is -0.348 e. The molecular formula is C4H9OPS. The summed E-state index contributed by atoms with van der Waals surface area (Å²) in [5, 5.41) is 0. The molecule has 0 aromatic rings. The van der Waals surface area contributed by atoms with Gasteiger partial charge in [-0.15, -0.1) is 11.4 Å². The van der Waals surface area contributed by atoms with Crippen molar-refractivity contribution in [2.75, 3.05) is 19.0 Å². The van der Waals surface area contributed by atoms with Crippen LogP contribution in [0.3, 0.4) is 0 Å². The maximum Gasteiger partial charge on any atom is 0.0855 e. The summed E-state index contributed by atoms with van der Waals surface area (Å²) in [5.74, 6) is 1.31. The molecule has 1 atom stereocenters. The molecule has 0 aromatic heterocycles. The van der Waals surface area contributed by atoms with Gasteiger partial charge in [0.1, 0.15) is 0 Å². The van der Waals surface area contributed by atoms with E-state index in [2.05, 4.69) is 6.66 Å². The molecule has 0 radical (unpaired) electrons. The van der Waals surface area contributed by atoms with Gasteiger partial charge >= 0.3 is 0 Å². The summed E-state index contributed by atoms with van der Waals surface area (Å²) in [4.78, 5) is 0. The van der Waals surface area contributed by atoms with Crippen LogP contribution in [0.2, 0.25) is 0 Å². The minimum atomic E-state index is -0.0750. The van der Waals surface area contributed by atoms with Crippen LogP contribution in [-0.4, -0.2) is 19.0 Å². The van der Waals surface area contributed by atoms with Gasteiger partial charge in [-0.05, 0) is 13.1 Å². The molecule has 0 spiro atoms. The lowest BCUT2D eigenvalue weighted by Crippen LogP contribution is -1.95. The second-order valence-electron chi connectivity index (χ2n) is 1.46. The van der Waals surface area contributed by atoms with E-state index in [-0.39, 0.29) is 7.35 Å². The third-order valence-electron chi connectivity index (χ3n) is 0.835. The highest BCUT2D eigenvalue weighted by Gasteiger charge is 2.06. The fourth-order valence-electron chi connectivity index (χ4n) is 0.482. The Morgan fingerprint density at radius 2 is 2.57 bits per heavy atom. The summed E-state index contributed by atoms with van der Waals surface area (Å²) in [6.07, 6.45) is 1.25. The van der Waals surface area contributed by atoms with Gasteiger partial charge < -0.3 is 4.52 Å². The van der Waals surface area contributed by atoms with Crippen LogP contribution in [0.15, 0.2) is 0 Å². The van der Waals surface area contributed by atoms with Crippen molar-refractivity contribution in [3.05, 3.63) is 0 Å². The van der Waals surface area contributed by atoms with E-state index >= 15 is 0 Å². The molecule has 1 aliphatic rings. The third-order valence-corrected chi connectivity index (χ3v) is 4.17. The van der Waals surface area contributed by atoms with Gasteiger partial charge in [0.25, 0.3) is 0 Å². The van der Waals surface area contributed by atoms with E-state index in [1.807, 2.05) is 11.4 Å². The predicted molar refractivity (Wildman–Crippen MR) is 35.9 cm³/mol. The van der Waals surface area contributed by atoms with Crippen molar-refractivity contribution in [3.8, 4) is 0 Å². The molecule has 3 heteroatoms. The standard InChI is InChI=1S/C4H9OPS/c1-6-5-3-2-4-7-6/h2-4H2,1H3. The molecule has 1 unspecified atom stereocenters. The van der Waals surface area contributed by atoms with Crippen LogP contribution >= 0.6 is 18.7 Å². The van der Waals surface area contributed by atoms with Crippen molar-refractivity contribution in [1.29, 1.82) is 0 Å². The molecule has 7 heavy (non-hydrogen) atoms. The van der Waals surface area contributed by atoms with E-state index in [1.165, 1.54) is 12.2 Å². The molecule has 0 saturated carbocycles. The Morgan fingerprint density at radius 1 is 1.71 bits per heavy atom. The van der Waals surface area contributed by atoms with Crippen molar-refractivity contribution < 1.29 is 4.52 Å². The van der Waals surface area contributed by atoms with Crippen LogP contribution in [0.4, 0.5) is 0 Å². The Hall–Kier alpha value is 0.740. The van der Waals surface area contributed by atoms with E-state index in [1.54, 1.807) is 0 Å². The zero-order chi connectivity index (χ0) is 5.11. The van der Waals surface area contributed by atoms with Gasteiger partial charge in [0.05, 0.1) is 14.0 Å². The molecule has 1 aliphatic heterocycles. The molecule has 0 aliphatic carbocycles.